The summed E-state index contributed by atoms with van der Waals surface area (Å²) in [6, 6.07) is 0.328. The highest BCUT2D eigenvalue weighted by Gasteiger charge is 2.45. The lowest BCUT2D eigenvalue weighted by Crippen LogP contribution is -2.39. The predicted octanol–water partition coefficient (Wildman–Crippen LogP) is -0.442. The molecule has 1 aromatic heterocycles. The van der Waals surface area contributed by atoms with E-state index in [2.05, 4.69) is 21.8 Å². The summed E-state index contributed by atoms with van der Waals surface area (Å²) in [7, 11) is -7.11. The summed E-state index contributed by atoms with van der Waals surface area (Å²) < 4.78 is 37.9. The average Bonchev–Trinajstić information content (AvgIpc) is 2.78. The summed E-state index contributed by atoms with van der Waals surface area (Å²) in [5.41, 5.74) is -1.32. The Bertz CT molecular complexity index is 743. The van der Waals surface area contributed by atoms with Gasteiger partial charge in [0.1, 0.15) is 18.4 Å². The van der Waals surface area contributed by atoms with Crippen LogP contribution in [0.4, 0.5) is 0 Å². The number of nitrogens with zero attached hydrogens (tertiary/aromatic N) is 1. The smallest absolute Gasteiger partial charge is 0.371 e. The van der Waals surface area contributed by atoms with Crippen LogP contribution < -0.4 is 11.2 Å². The molecule has 2 heterocycles. The van der Waals surface area contributed by atoms with Gasteiger partial charge in [0.25, 0.3) is 5.56 Å². The minimum absolute atomic E-state index is 0.0806. The third kappa shape index (κ3) is 5.07. The zero-order chi connectivity index (χ0) is 17.2. The van der Waals surface area contributed by atoms with Crippen molar-refractivity contribution >= 4 is 27.3 Å². The van der Waals surface area contributed by atoms with Gasteiger partial charge in [0, 0.05) is 12.3 Å². The van der Waals surface area contributed by atoms with Gasteiger partial charge in [0.05, 0.1) is 19.3 Å². The molecule has 1 aliphatic heterocycles. The van der Waals surface area contributed by atoms with Crippen LogP contribution >= 0.6 is 27.3 Å². The number of aromatic nitrogens is 2. The first-order chi connectivity index (χ1) is 10.7. The number of H-pyrrole nitrogens is 1. The van der Waals surface area contributed by atoms with Gasteiger partial charge in [0.15, 0.2) is 6.10 Å². The topological polar surface area (TPSA) is 157 Å². The Morgan fingerprint density at radius 1 is 1.52 bits per heavy atom. The van der Waals surface area contributed by atoms with Crippen molar-refractivity contribution in [3.8, 4) is 0 Å². The number of nitrogens with one attached hydrogen (secondary N) is 1. The fourth-order valence-corrected chi connectivity index (χ4v) is 3.29. The van der Waals surface area contributed by atoms with Crippen LogP contribution in [-0.2, 0) is 22.9 Å². The van der Waals surface area contributed by atoms with Crippen LogP contribution in [0.2, 0.25) is 0 Å². The van der Waals surface area contributed by atoms with Crippen molar-refractivity contribution in [2.45, 2.75) is 18.2 Å². The molecule has 23 heavy (non-hydrogen) atoms. The van der Waals surface area contributed by atoms with E-state index in [0.29, 0.717) is 0 Å². The zero-order valence-electron chi connectivity index (χ0n) is 11.3. The van der Waals surface area contributed by atoms with Crippen LogP contribution in [0.5, 0.6) is 0 Å². The largest absolute Gasteiger partial charge is 0.582 e. The summed E-state index contributed by atoms with van der Waals surface area (Å²) in [6.45, 7) is -0.622. The molecule has 0 aromatic carbocycles. The monoisotopic (exact) mass is 387 g/mol. The average molecular weight is 387 g/mol. The molecule has 4 atom stereocenters. The van der Waals surface area contributed by atoms with Crippen LogP contribution in [-0.4, -0.2) is 44.8 Å². The maximum absolute atomic E-state index is 11.8. The van der Waals surface area contributed by atoms with Crippen molar-refractivity contribution in [2.75, 3.05) is 13.2 Å². The Balaban J connectivity index is 2.25. The highest BCUT2D eigenvalue weighted by Crippen LogP contribution is 2.41. The normalized spacial score (nSPS) is 25.5. The van der Waals surface area contributed by atoms with Crippen molar-refractivity contribution in [1.82, 2.24) is 9.55 Å². The standard InChI is InChI=1S/C9H12N2O9P2S/c12-7-1-2-11(9(13)10-7)5-3-18-6(4-19-22(15,16)17)8(5)20-21(14)23/h1-2,5-6,8H,3-4H2,(H3-,10,12,13,14,15,16,17,23)/p+1. The molecule has 0 radical (unpaired) electrons. The van der Waals surface area contributed by atoms with Crippen LogP contribution in [0.25, 0.3) is 0 Å². The third-order valence-electron chi connectivity index (χ3n) is 3.05. The minimum atomic E-state index is -4.73. The molecular weight excluding hydrogens is 374 g/mol. The molecule has 1 aliphatic rings. The van der Waals surface area contributed by atoms with E-state index in [4.69, 9.17) is 19.0 Å². The number of rotatable bonds is 6. The summed E-state index contributed by atoms with van der Waals surface area (Å²) in [5.74, 6) is 0. The molecule has 0 spiro atoms. The van der Waals surface area contributed by atoms with Gasteiger partial charge in [0.2, 0.25) is 0 Å². The van der Waals surface area contributed by atoms with Crippen molar-refractivity contribution in [2.24, 2.45) is 0 Å². The van der Waals surface area contributed by atoms with Gasteiger partial charge in [-0.1, -0.05) is 0 Å². The van der Waals surface area contributed by atoms with Gasteiger partial charge in [-0.3, -0.25) is 18.9 Å². The number of hydrogen-bond acceptors (Lipinski definition) is 7. The quantitative estimate of drug-likeness (QED) is 0.375. The second-order valence-corrected chi connectivity index (χ2v) is 7.46. The number of thiol groups is 1. The summed E-state index contributed by atoms with van der Waals surface area (Å²) in [5, 5.41) is 0. The first kappa shape index (κ1) is 18.5. The number of phosphoric acid groups is 1. The highest BCUT2D eigenvalue weighted by atomic mass is 32.7. The van der Waals surface area contributed by atoms with Crippen molar-refractivity contribution in [1.29, 1.82) is 0 Å². The van der Waals surface area contributed by atoms with Gasteiger partial charge in [-0.15, -0.1) is 4.52 Å². The van der Waals surface area contributed by atoms with Gasteiger partial charge in [-0.25, -0.2) is 9.36 Å². The zero-order valence-corrected chi connectivity index (χ0v) is 14.0. The second kappa shape index (κ2) is 7.37. The number of hydrogen-bond donors (Lipinski definition) is 4. The molecule has 0 aliphatic carbocycles. The van der Waals surface area contributed by atoms with Crippen LogP contribution in [0, 0.1) is 0 Å². The second-order valence-electron chi connectivity index (χ2n) is 4.55. The first-order valence-electron chi connectivity index (χ1n) is 6.13. The fraction of sp³-hybridized carbons (Fsp3) is 0.556. The van der Waals surface area contributed by atoms with E-state index < -0.39 is 51.2 Å². The summed E-state index contributed by atoms with van der Waals surface area (Å²) in [4.78, 5) is 42.4. The van der Waals surface area contributed by atoms with Gasteiger partial charge in [-0.05, 0) is 4.57 Å². The van der Waals surface area contributed by atoms with E-state index in [9.17, 15) is 18.7 Å². The van der Waals surface area contributed by atoms with E-state index in [0.717, 1.165) is 10.6 Å². The Kier molecular flexibility index (Phi) is 5.93. The summed E-state index contributed by atoms with van der Waals surface area (Å²) in [6.07, 6.45) is -0.799. The molecule has 4 unspecified atom stereocenters. The highest BCUT2D eigenvalue weighted by molar-refractivity contribution is 8.39. The van der Waals surface area contributed by atoms with Gasteiger partial charge in [-0.2, -0.15) is 0 Å². The Morgan fingerprint density at radius 2 is 2.22 bits per heavy atom. The van der Waals surface area contributed by atoms with E-state index in [1.807, 2.05) is 0 Å². The molecule has 1 aromatic rings. The number of aromatic amines is 1. The molecule has 128 valence electrons. The van der Waals surface area contributed by atoms with Crippen LogP contribution in [0.1, 0.15) is 6.04 Å². The van der Waals surface area contributed by atoms with E-state index in [1.165, 1.54) is 6.20 Å². The maximum atomic E-state index is 11.8. The third-order valence-corrected chi connectivity index (χ3v) is 4.25. The molecule has 3 N–H and O–H groups in total. The fourth-order valence-electron chi connectivity index (χ4n) is 2.14. The molecule has 1 fully saturated rings. The molecule has 0 amide bonds. The Morgan fingerprint density at radius 3 is 2.78 bits per heavy atom. The molecule has 2 rings (SSSR count). The maximum Gasteiger partial charge on any atom is 0.582 e. The van der Waals surface area contributed by atoms with E-state index in [1.54, 1.807) is 0 Å². The SMILES string of the molecule is O=c1ccn(C2COC(COP(=O)(O)O)C2O[P+](=O)S)c(=O)[nH]1. The molecule has 14 heteroatoms. The molecule has 1 saturated heterocycles. The Hall–Kier alpha value is -0.840. The Labute approximate surface area is 134 Å². The molecule has 11 nitrogen and oxygen atoms in total. The van der Waals surface area contributed by atoms with Crippen molar-refractivity contribution in [3.63, 3.8) is 0 Å². The first-order valence-corrected chi connectivity index (χ1v) is 9.99. The van der Waals surface area contributed by atoms with Crippen molar-refractivity contribution < 1.29 is 32.7 Å². The lowest BCUT2D eigenvalue weighted by molar-refractivity contribution is 0.0142. The minimum Gasteiger partial charge on any atom is -0.371 e. The summed E-state index contributed by atoms with van der Waals surface area (Å²) >= 11 is 3.63. The molecule has 0 saturated carbocycles. The predicted molar refractivity (Wildman–Crippen MR) is 79.6 cm³/mol. The van der Waals surface area contributed by atoms with E-state index in [-0.39, 0.29) is 6.61 Å². The van der Waals surface area contributed by atoms with Crippen molar-refractivity contribution in [3.05, 3.63) is 33.1 Å². The number of ether oxygens (including phenoxy) is 1. The van der Waals surface area contributed by atoms with Gasteiger partial charge >= 0.3 is 20.7 Å². The molecule has 0 bridgehead atoms. The number of phosphoric ester groups is 1. The van der Waals surface area contributed by atoms with Gasteiger partial charge < -0.3 is 14.5 Å². The molecular formula is C9H13N2O9P2S+. The lowest BCUT2D eigenvalue weighted by Gasteiger charge is -2.19. The van der Waals surface area contributed by atoms with E-state index >= 15 is 0 Å². The van der Waals surface area contributed by atoms with Crippen LogP contribution in [0.15, 0.2) is 21.9 Å². The lowest BCUT2D eigenvalue weighted by atomic mass is 10.1. The van der Waals surface area contributed by atoms with Crippen LogP contribution in [0.3, 0.4) is 0 Å².